The summed E-state index contributed by atoms with van der Waals surface area (Å²) in [5.74, 6) is 0.000842. The summed E-state index contributed by atoms with van der Waals surface area (Å²) in [6.07, 6.45) is 4.01. The van der Waals surface area contributed by atoms with Gasteiger partial charge < -0.3 is 5.32 Å². The Morgan fingerprint density at radius 3 is 3.05 bits per heavy atom. The van der Waals surface area contributed by atoms with Gasteiger partial charge in [-0.1, -0.05) is 6.07 Å². The number of aryl methyl sites for hydroxylation is 1. The van der Waals surface area contributed by atoms with Gasteiger partial charge in [-0.2, -0.15) is 5.10 Å². The molecule has 0 unspecified atom stereocenters. The average Bonchev–Trinajstić information content (AvgIpc) is 3.16. The molecule has 108 valence electrons. The molecule has 5 nitrogen and oxygen atoms in total. The van der Waals surface area contributed by atoms with Crippen molar-refractivity contribution < 1.29 is 4.79 Å². The Balaban J connectivity index is 1.62. The molecule has 0 aliphatic carbocycles. The lowest BCUT2D eigenvalue weighted by Crippen LogP contribution is -2.24. The second kappa shape index (κ2) is 6.19. The predicted molar refractivity (Wildman–Crippen MR) is 84.2 cm³/mol. The molecule has 0 atom stereocenters. The van der Waals surface area contributed by atoms with Crippen LogP contribution in [0.2, 0.25) is 0 Å². The summed E-state index contributed by atoms with van der Waals surface area (Å²) >= 11 is 3.16. The van der Waals surface area contributed by atoms with Crippen LogP contribution in [0.15, 0.2) is 35.4 Å². The molecule has 0 spiro atoms. The molecule has 3 aromatic rings. The Kier molecular flexibility index (Phi) is 4.12. The Morgan fingerprint density at radius 2 is 2.33 bits per heavy atom. The number of amides is 1. The van der Waals surface area contributed by atoms with E-state index in [0.29, 0.717) is 13.0 Å². The third-order valence-corrected chi connectivity index (χ3v) is 4.67. The van der Waals surface area contributed by atoms with Gasteiger partial charge in [0.25, 0.3) is 0 Å². The molecule has 3 rings (SSSR count). The fourth-order valence-electron chi connectivity index (χ4n) is 1.98. The van der Waals surface area contributed by atoms with E-state index in [1.807, 2.05) is 30.8 Å². The highest BCUT2D eigenvalue weighted by Gasteiger charge is 2.13. The summed E-state index contributed by atoms with van der Waals surface area (Å²) in [6, 6.07) is 4.02. The Hall–Kier alpha value is -1.99. The number of aromatic nitrogens is 3. The number of nitrogens with one attached hydrogen (secondary N) is 1. The van der Waals surface area contributed by atoms with Crippen molar-refractivity contribution in [2.75, 3.05) is 0 Å². The lowest BCUT2D eigenvalue weighted by atomic mass is 10.2. The number of hydrogen-bond acceptors (Lipinski definition) is 5. The summed E-state index contributed by atoms with van der Waals surface area (Å²) < 4.78 is 1.72. The number of carbonyl (C=O) groups excluding carboxylic acids is 1. The number of thiophene rings is 1. The molecule has 1 amide bonds. The lowest BCUT2D eigenvalue weighted by molar-refractivity contribution is -0.120. The molecule has 1 N–H and O–H groups in total. The third-order valence-electron chi connectivity index (χ3n) is 2.96. The van der Waals surface area contributed by atoms with Crippen molar-refractivity contribution in [2.24, 2.45) is 7.05 Å². The fourth-order valence-corrected chi connectivity index (χ4v) is 3.57. The van der Waals surface area contributed by atoms with Crippen molar-refractivity contribution in [3.05, 3.63) is 45.9 Å². The highest BCUT2D eigenvalue weighted by Crippen LogP contribution is 2.29. The van der Waals surface area contributed by atoms with Gasteiger partial charge in [-0.3, -0.25) is 9.48 Å². The zero-order chi connectivity index (χ0) is 14.7. The monoisotopic (exact) mass is 318 g/mol. The maximum atomic E-state index is 12.1. The summed E-state index contributed by atoms with van der Waals surface area (Å²) in [7, 11) is 1.86. The van der Waals surface area contributed by atoms with Gasteiger partial charge in [-0.25, -0.2) is 4.98 Å². The first-order valence-corrected chi connectivity index (χ1v) is 8.19. The largest absolute Gasteiger partial charge is 0.352 e. The molecular weight excluding hydrogens is 304 g/mol. The quantitative estimate of drug-likeness (QED) is 0.786. The van der Waals surface area contributed by atoms with Crippen molar-refractivity contribution in [1.29, 1.82) is 0 Å². The minimum Gasteiger partial charge on any atom is -0.352 e. The first-order valence-electron chi connectivity index (χ1n) is 6.43. The summed E-state index contributed by atoms with van der Waals surface area (Å²) in [4.78, 5) is 18.5. The van der Waals surface area contributed by atoms with Crippen molar-refractivity contribution in [3.8, 4) is 10.6 Å². The molecule has 0 bridgehead atoms. The van der Waals surface area contributed by atoms with Gasteiger partial charge in [0.2, 0.25) is 5.91 Å². The van der Waals surface area contributed by atoms with Crippen LogP contribution in [0.5, 0.6) is 0 Å². The molecule has 3 heterocycles. The van der Waals surface area contributed by atoms with Crippen LogP contribution in [0.4, 0.5) is 0 Å². The predicted octanol–water partition coefficient (Wildman–Crippen LogP) is 2.46. The van der Waals surface area contributed by atoms with Gasteiger partial charge in [0.1, 0.15) is 0 Å². The normalized spacial score (nSPS) is 10.7. The van der Waals surface area contributed by atoms with Crippen molar-refractivity contribution in [3.63, 3.8) is 0 Å². The number of hydrogen-bond donors (Lipinski definition) is 1. The van der Waals surface area contributed by atoms with Crippen LogP contribution in [-0.2, 0) is 24.8 Å². The summed E-state index contributed by atoms with van der Waals surface area (Å²) in [5.41, 5.74) is 3.71. The van der Waals surface area contributed by atoms with E-state index < -0.39 is 0 Å². The lowest BCUT2D eigenvalue weighted by Gasteiger charge is -2.03. The molecule has 0 aliphatic heterocycles. The number of nitrogens with zero attached hydrogens (tertiary/aromatic N) is 3. The first kappa shape index (κ1) is 14.0. The number of rotatable bonds is 5. The second-order valence-electron chi connectivity index (χ2n) is 4.58. The molecule has 3 aromatic heterocycles. The number of carbonyl (C=O) groups is 1. The molecule has 7 heteroatoms. The molecule has 0 aromatic carbocycles. The maximum Gasteiger partial charge on any atom is 0.225 e. The van der Waals surface area contributed by atoms with Gasteiger partial charge in [0.05, 0.1) is 28.7 Å². The third kappa shape index (κ3) is 3.37. The molecular formula is C14H14N4OS2. The van der Waals surface area contributed by atoms with Gasteiger partial charge in [0, 0.05) is 30.2 Å². The van der Waals surface area contributed by atoms with Crippen LogP contribution < -0.4 is 5.32 Å². The highest BCUT2D eigenvalue weighted by molar-refractivity contribution is 7.14. The van der Waals surface area contributed by atoms with E-state index in [-0.39, 0.29) is 5.91 Å². The van der Waals surface area contributed by atoms with E-state index in [0.717, 1.165) is 21.0 Å². The standard InChI is InChI=1S/C14H14N4OS2/c1-18-8-10(7-17-18)6-15-13(19)5-12-14(16-9-21-12)11-3-2-4-20-11/h2-4,7-9H,5-6H2,1H3,(H,15,19). The van der Waals surface area contributed by atoms with Crippen LogP contribution in [0.3, 0.4) is 0 Å². The van der Waals surface area contributed by atoms with Crippen LogP contribution in [-0.4, -0.2) is 20.7 Å². The van der Waals surface area contributed by atoms with E-state index >= 15 is 0 Å². The van der Waals surface area contributed by atoms with Gasteiger partial charge >= 0.3 is 0 Å². The van der Waals surface area contributed by atoms with Gasteiger partial charge in [-0.15, -0.1) is 22.7 Å². The zero-order valence-electron chi connectivity index (χ0n) is 11.4. The first-order chi connectivity index (χ1) is 10.2. The molecule has 0 aliphatic rings. The summed E-state index contributed by atoms with van der Waals surface area (Å²) in [5, 5.41) is 9.00. The molecule has 0 saturated carbocycles. The molecule has 0 fully saturated rings. The Bertz CT molecular complexity index is 730. The van der Waals surface area contributed by atoms with E-state index in [2.05, 4.69) is 15.4 Å². The van der Waals surface area contributed by atoms with Gasteiger partial charge in [0.15, 0.2) is 0 Å². The van der Waals surface area contributed by atoms with E-state index in [4.69, 9.17) is 0 Å². The molecule has 21 heavy (non-hydrogen) atoms. The van der Waals surface area contributed by atoms with Crippen LogP contribution in [0.25, 0.3) is 10.6 Å². The van der Waals surface area contributed by atoms with Crippen molar-refractivity contribution in [2.45, 2.75) is 13.0 Å². The Labute approximate surface area is 130 Å². The van der Waals surface area contributed by atoms with Crippen LogP contribution in [0.1, 0.15) is 10.4 Å². The maximum absolute atomic E-state index is 12.1. The van der Waals surface area contributed by atoms with Crippen molar-refractivity contribution in [1.82, 2.24) is 20.1 Å². The molecule has 0 saturated heterocycles. The number of thiazole rings is 1. The topological polar surface area (TPSA) is 59.8 Å². The second-order valence-corrected chi connectivity index (χ2v) is 6.46. The smallest absolute Gasteiger partial charge is 0.225 e. The minimum absolute atomic E-state index is 0.000842. The van der Waals surface area contributed by atoms with Gasteiger partial charge in [-0.05, 0) is 11.4 Å². The zero-order valence-corrected chi connectivity index (χ0v) is 13.1. The van der Waals surface area contributed by atoms with E-state index in [9.17, 15) is 4.79 Å². The summed E-state index contributed by atoms with van der Waals surface area (Å²) in [6.45, 7) is 0.500. The van der Waals surface area contributed by atoms with Crippen LogP contribution in [0, 0.1) is 0 Å². The van der Waals surface area contributed by atoms with Crippen LogP contribution >= 0.6 is 22.7 Å². The Morgan fingerprint density at radius 1 is 1.43 bits per heavy atom. The van der Waals surface area contributed by atoms with Crippen molar-refractivity contribution >= 4 is 28.6 Å². The SMILES string of the molecule is Cn1cc(CNC(=O)Cc2scnc2-c2cccs2)cn1. The minimum atomic E-state index is 0.000842. The van der Waals surface area contributed by atoms with E-state index in [1.165, 1.54) is 11.3 Å². The van der Waals surface area contributed by atoms with E-state index in [1.54, 1.807) is 27.7 Å². The average molecular weight is 318 g/mol. The highest BCUT2D eigenvalue weighted by atomic mass is 32.1. The fraction of sp³-hybridized carbons (Fsp3) is 0.214. The molecule has 0 radical (unpaired) electrons.